The van der Waals surface area contributed by atoms with Crippen molar-refractivity contribution in [1.29, 1.82) is 0 Å². The molecule has 43 heavy (non-hydrogen) atoms. The topological polar surface area (TPSA) is 39.4 Å². The van der Waals surface area contributed by atoms with Gasteiger partial charge in [-0.25, -0.2) is 0 Å². The van der Waals surface area contributed by atoms with E-state index >= 15 is 0 Å². The number of hydrogen-bond acceptors (Lipinski definition) is 3. The van der Waals surface area contributed by atoms with Crippen LogP contribution in [0.3, 0.4) is 0 Å². The highest BCUT2D eigenvalue weighted by Gasteiger charge is 2.22. The van der Waals surface area contributed by atoms with Crippen LogP contribution in [-0.2, 0) is 0 Å². The lowest BCUT2D eigenvalue weighted by Crippen LogP contribution is -1.90. The second kappa shape index (κ2) is 8.37. The van der Waals surface area contributed by atoms with Gasteiger partial charge in [-0.15, -0.1) is 0 Å². The highest BCUT2D eigenvalue weighted by molar-refractivity contribution is 6.24. The molecule has 0 aliphatic carbocycles. The Hall–Kier alpha value is -5.80. The van der Waals surface area contributed by atoms with Crippen LogP contribution in [0.25, 0.3) is 98.8 Å². The molecule has 0 amide bonds. The lowest BCUT2D eigenvalue weighted by atomic mass is 9.87. The van der Waals surface area contributed by atoms with Crippen molar-refractivity contribution in [2.45, 2.75) is 0 Å². The van der Waals surface area contributed by atoms with Gasteiger partial charge in [-0.05, 0) is 51.9 Å². The van der Waals surface area contributed by atoms with Gasteiger partial charge in [0.1, 0.15) is 33.7 Å². The second-order valence-electron chi connectivity index (χ2n) is 11.2. The van der Waals surface area contributed by atoms with E-state index in [-0.39, 0.29) is 0 Å². The minimum atomic E-state index is 0.811. The van der Waals surface area contributed by atoms with Gasteiger partial charge >= 0.3 is 0 Å². The summed E-state index contributed by atoms with van der Waals surface area (Å²) in [6.45, 7) is 0. The van der Waals surface area contributed by atoms with Gasteiger partial charge < -0.3 is 13.3 Å². The molecule has 0 saturated carbocycles. The standard InChI is InChI=1S/C40H22O3/c1-3-14-27-25(12-1)37(31-17-9-16-29-23-10-5-7-18-33(23)42-39(29)31)26-13-2-4-15-28(26)38(27)36-22-32-35(41-36)21-20-30-24-11-6-8-19-34(24)43-40(30)32/h1-22H. The van der Waals surface area contributed by atoms with Crippen molar-refractivity contribution >= 4 is 76.4 Å². The Labute approximate surface area is 245 Å². The van der Waals surface area contributed by atoms with Gasteiger partial charge in [0.2, 0.25) is 0 Å². The van der Waals surface area contributed by atoms with E-state index < -0.39 is 0 Å². The highest BCUT2D eigenvalue weighted by atomic mass is 16.3. The fourth-order valence-corrected chi connectivity index (χ4v) is 7.05. The minimum absolute atomic E-state index is 0.811. The van der Waals surface area contributed by atoms with Gasteiger partial charge in [0, 0.05) is 38.2 Å². The van der Waals surface area contributed by atoms with Crippen LogP contribution in [0.1, 0.15) is 0 Å². The zero-order valence-corrected chi connectivity index (χ0v) is 22.9. The third kappa shape index (κ3) is 3.08. The highest BCUT2D eigenvalue weighted by Crippen LogP contribution is 2.47. The maximum Gasteiger partial charge on any atom is 0.146 e. The first kappa shape index (κ1) is 22.8. The average molecular weight is 551 g/mol. The van der Waals surface area contributed by atoms with E-state index in [9.17, 15) is 0 Å². The zero-order valence-electron chi connectivity index (χ0n) is 22.9. The summed E-state index contributed by atoms with van der Waals surface area (Å²) in [6, 6.07) is 46.5. The molecule has 3 heteroatoms. The number of hydrogen-bond donors (Lipinski definition) is 0. The Morgan fingerprint density at radius 3 is 1.44 bits per heavy atom. The van der Waals surface area contributed by atoms with Crippen LogP contribution in [0.4, 0.5) is 0 Å². The Bertz CT molecular complexity index is 2680. The minimum Gasteiger partial charge on any atom is -0.456 e. The summed E-state index contributed by atoms with van der Waals surface area (Å²) in [6.07, 6.45) is 0. The van der Waals surface area contributed by atoms with Crippen molar-refractivity contribution in [3.8, 4) is 22.5 Å². The molecule has 0 radical (unpaired) electrons. The Morgan fingerprint density at radius 1 is 0.302 bits per heavy atom. The van der Waals surface area contributed by atoms with Crippen LogP contribution in [0.2, 0.25) is 0 Å². The predicted octanol–water partition coefficient (Wildman–Crippen LogP) is 11.9. The molecule has 3 aromatic heterocycles. The van der Waals surface area contributed by atoms with E-state index in [2.05, 4.69) is 103 Å². The van der Waals surface area contributed by atoms with Gasteiger partial charge in [-0.3, -0.25) is 0 Å². The van der Waals surface area contributed by atoms with Gasteiger partial charge in [-0.2, -0.15) is 0 Å². The fraction of sp³-hybridized carbons (Fsp3) is 0. The lowest BCUT2D eigenvalue weighted by Gasteiger charge is -2.16. The molecule has 7 aromatic carbocycles. The van der Waals surface area contributed by atoms with Gasteiger partial charge in [0.25, 0.3) is 0 Å². The molecule has 0 aliphatic heterocycles. The maximum absolute atomic E-state index is 6.65. The van der Waals surface area contributed by atoms with Crippen molar-refractivity contribution in [2.75, 3.05) is 0 Å². The number of rotatable bonds is 2. The first-order valence-electron chi connectivity index (χ1n) is 14.5. The zero-order chi connectivity index (χ0) is 28.1. The first-order chi connectivity index (χ1) is 21.3. The maximum atomic E-state index is 6.65. The van der Waals surface area contributed by atoms with Gasteiger partial charge in [0.05, 0.1) is 5.39 Å². The van der Waals surface area contributed by atoms with E-state index in [1.165, 1.54) is 0 Å². The van der Waals surface area contributed by atoms with Crippen molar-refractivity contribution in [3.05, 3.63) is 133 Å². The van der Waals surface area contributed by atoms with Crippen LogP contribution in [0.5, 0.6) is 0 Å². The number of benzene rings is 7. The van der Waals surface area contributed by atoms with Crippen molar-refractivity contribution in [3.63, 3.8) is 0 Å². The number of para-hydroxylation sites is 3. The lowest BCUT2D eigenvalue weighted by molar-refractivity contribution is 0.632. The summed E-state index contributed by atoms with van der Waals surface area (Å²) >= 11 is 0. The SMILES string of the molecule is c1ccc2c(c1)oc1c(-c3c4ccccc4c(-c4cc5c(ccc6c7ccccc7oc56)o4)c4ccccc34)cccc12. The predicted molar refractivity (Wildman–Crippen MR) is 177 cm³/mol. The van der Waals surface area contributed by atoms with E-state index in [0.717, 1.165) is 98.8 Å². The molecule has 10 rings (SSSR count). The van der Waals surface area contributed by atoms with E-state index in [1.807, 2.05) is 30.3 Å². The third-order valence-electron chi connectivity index (χ3n) is 8.89. The smallest absolute Gasteiger partial charge is 0.146 e. The van der Waals surface area contributed by atoms with Gasteiger partial charge in [-0.1, -0.05) is 103 Å². The number of furan rings is 3. The van der Waals surface area contributed by atoms with Crippen LogP contribution in [0, 0.1) is 0 Å². The summed E-state index contributed by atoms with van der Waals surface area (Å²) in [7, 11) is 0. The molecule has 10 aromatic rings. The quantitative estimate of drug-likeness (QED) is 0.201. The third-order valence-corrected chi connectivity index (χ3v) is 8.89. The molecule has 0 unspecified atom stereocenters. The van der Waals surface area contributed by atoms with Crippen LogP contribution in [0.15, 0.2) is 147 Å². The molecule has 0 atom stereocenters. The molecule has 3 heterocycles. The van der Waals surface area contributed by atoms with Crippen molar-refractivity contribution in [2.24, 2.45) is 0 Å². The molecule has 0 N–H and O–H groups in total. The molecule has 200 valence electrons. The van der Waals surface area contributed by atoms with Crippen LogP contribution in [-0.4, -0.2) is 0 Å². The molecule has 0 fully saturated rings. The van der Waals surface area contributed by atoms with Crippen LogP contribution < -0.4 is 0 Å². The molecule has 0 spiro atoms. The normalized spacial score (nSPS) is 12.2. The molecular formula is C40H22O3. The van der Waals surface area contributed by atoms with E-state index in [4.69, 9.17) is 13.3 Å². The summed E-state index contributed by atoms with van der Waals surface area (Å²) in [5.41, 5.74) is 7.68. The summed E-state index contributed by atoms with van der Waals surface area (Å²) in [5.74, 6) is 0.823. The summed E-state index contributed by atoms with van der Waals surface area (Å²) in [5, 5.41) is 10.0. The molecule has 3 nitrogen and oxygen atoms in total. The summed E-state index contributed by atoms with van der Waals surface area (Å²) < 4.78 is 19.5. The Balaban J connectivity index is 1.32. The number of fused-ring (bicyclic) bond motifs is 10. The Kier molecular flexibility index (Phi) is 4.45. The van der Waals surface area contributed by atoms with Crippen molar-refractivity contribution in [1.82, 2.24) is 0 Å². The summed E-state index contributed by atoms with van der Waals surface area (Å²) in [4.78, 5) is 0. The molecular weight excluding hydrogens is 528 g/mol. The average Bonchev–Trinajstić information content (AvgIpc) is 3.77. The Morgan fingerprint density at radius 2 is 0.791 bits per heavy atom. The van der Waals surface area contributed by atoms with E-state index in [0.29, 0.717) is 0 Å². The molecule has 0 bridgehead atoms. The largest absolute Gasteiger partial charge is 0.456 e. The van der Waals surface area contributed by atoms with E-state index in [1.54, 1.807) is 0 Å². The van der Waals surface area contributed by atoms with Crippen LogP contribution >= 0.6 is 0 Å². The monoisotopic (exact) mass is 550 g/mol. The molecule has 0 saturated heterocycles. The fourth-order valence-electron chi connectivity index (χ4n) is 7.05. The van der Waals surface area contributed by atoms with Crippen molar-refractivity contribution < 1.29 is 13.3 Å². The first-order valence-corrected chi connectivity index (χ1v) is 14.5. The molecule has 0 aliphatic rings. The second-order valence-corrected chi connectivity index (χ2v) is 11.2. The van der Waals surface area contributed by atoms with Gasteiger partial charge in [0.15, 0.2) is 0 Å².